The zero-order valence-corrected chi connectivity index (χ0v) is 17.7. The van der Waals surface area contributed by atoms with Crippen LogP contribution in [0.15, 0.2) is 82.5 Å². The van der Waals surface area contributed by atoms with Gasteiger partial charge in [-0.15, -0.1) is 11.8 Å². The SMILES string of the molecule is O=C(CCc1ncc(-c2ccc(F)cc2F)o1)Nc1ccc(SCc2cccnc2)cc1. The molecule has 0 radical (unpaired) electrons. The molecule has 8 heteroatoms. The minimum absolute atomic E-state index is 0.121. The molecule has 32 heavy (non-hydrogen) atoms. The number of rotatable bonds is 8. The Labute approximate surface area is 187 Å². The van der Waals surface area contributed by atoms with Crippen molar-refractivity contribution in [2.45, 2.75) is 23.5 Å². The maximum absolute atomic E-state index is 13.9. The van der Waals surface area contributed by atoms with E-state index in [1.165, 1.54) is 12.3 Å². The fraction of sp³-hybridized carbons (Fsp3) is 0.125. The molecule has 0 aliphatic carbocycles. The van der Waals surface area contributed by atoms with E-state index in [9.17, 15) is 13.6 Å². The molecule has 4 rings (SSSR count). The molecular formula is C24H19F2N3O2S. The molecule has 0 spiro atoms. The number of carbonyl (C=O) groups excluding carboxylic acids is 1. The number of aryl methyl sites for hydroxylation is 1. The fourth-order valence-corrected chi connectivity index (χ4v) is 3.80. The third-order valence-electron chi connectivity index (χ3n) is 4.58. The van der Waals surface area contributed by atoms with Crippen LogP contribution >= 0.6 is 11.8 Å². The van der Waals surface area contributed by atoms with E-state index in [1.807, 2.05) is 42.6 Å². The summed E-state index contributed by atoms with van der Waals surface area (Å²) in [5.41, 5.74) is 1.96. The Morgan fingerprint density at radius 1 is 1.06 bits per heavy atom. The van der Waals surface area contributed by atoms with Crippen LogP contribution in [0.3, 0.4) is 0 Å². The lowest BCUT2D eigenvalue weighted by atomic mass is 10.2. The number of benzene rings is 2. The maximum atomic E-state index is 13.9. The predicted octanol–water partition coefficient (Wildman–Crippen LogP) is 5.88. The van der Waals surface area contributed by atoms with Crippen molar-refractivity contribution < 1.29 is 18.0 Å². The Kier molecular flexibility index (Phi) is 6.91. The number of carbonyl (C=O) groups is 1. The minimum Gasteiger partial charge on any atom is -0.441 e. The number of nitrogens with zero attached hydrogens (tertiary/aromatic N) is 2. The van der Waals surface area contributed by atoms with Crippen molar-refractivity contribution in [3.8, 4) is 11.3 Å². The van der Waals surface area contributed by atoms with Crippen LogP contribution in [-0.4, -0.2) is 15.9 Å². The number of oxazole rings is 1. The highest BCUT2D eigenvalue weighted by molar-refractivity contribution is 7.98. The van der Waals surface area contributed by atoms with E-state index in [2.05, 4.69) is 15.3 Å². The molecule has 4 aromatic rings. The van der Waals surface area contributed by atoms with Crippen molar-refractivity contribution in [1.82, 2.24) is 9.97 Å². The first-order valence-corrected chi connectivity index (χ1v) is 10.9. The zero-order valence-electron chi connectivity index (χ0n) is 16.9. The standard InChI is InChI=1S/C24H19F2N3O2S/c25-17-3-8-20(21(26)12-17)22-14-28-24(31-22)10-9-23(30)29-18-4-6-19(7-5-18)32-15-16-2-1-11-27-13-16/h1-8,11-14H,9-10,15H2,(H,29,30). The van der Waals surface area contributed by atoms with E-state index in [-0.39, 0.29) is 30.1 Å². The second kappa shape index (κ2) is 10.2. The monoisotopic (exact) mass is 451 g/mol. The molecule has 0 bridgehead atoms. The van der Waals surface area contributed by atoms with Crippen molar-refractivity contribution >= 4 is 23.4 Å². The number of hydrogen-bond donors (Lipinski definition) is 1. The lowest BCUT2D eigenvalue weighted by Gasteiger charge is -2.06. The average Bonchev–Trinajstić information content (AvgIpc) is 3.27. The molecule has 5 nitrogen and oxygen atoms in total. The Morgan fingerprint density at radius 3 is 2.66 bits per heavy atom. The van der Waals surface area contributed by atoms with Gasteiger partial charge in [0.25, 0.3) is 0 Å². The average molecular weight is 451 g/mol. The molecule has 0 fully saturated rings. The van der Waals surface area contributed by atoms with Crippen molar-refractivity contribution in [3.63, 3.8) is 0 Å². The number of anilines is 1. The first-order valence-electron chi connectivity index (χ1n) is 9.88. The van der Waals surface area contributed by atoms with Gasteiger partial charge in [0.1, 0.15) is 11.6 Å². The smallest absolute Gasteiger partial charge is 0.224 e. The Hall–Kier alpha value is -3.52. The number of aromatic nitrogens is 2. The van der Waals surface area contributed by atoms with Gasteiger partial charge >= 0.3 is 0 Å². The van der Waals surface area contributed by atoms with Gasteiger partial charge in [0, 0.05) is 47.6 Å². The van der Waals surface area contributed by atoms with Crippen molar-refractivity contribution in [1.29, 1.82) is 0 Å². The van der Waals surface area contributed by atoms with Gasteiger partial charge in [0.05, 0.1) is 11.8 Å². The van der Waals surface area contributed by atoms with Gasteiger partial charge in [-0.05, 0) is 48.0 Å². The number of halogens is 2. The number of pyridine rings is 1. The zero-order chi connectivity index (χ0) is 22.3. The van der Waals surface area contributed by atoms with Crippen LogP contribution in [0.1, 0.15) is 17.9 Å². The number of nitrogens with one attached hydrogen (secondary N) is 1. The van der Waals surface area contributed by atoms with Crippen molar-refractivity contribution in [3.05, 3.63) is 96.3 Å². The normalized spacial score (nSPS) is 10.8. The molecule has 2 heterocycles. The molecule has 0 unspecified atom stereocenters. The summed E-state index contributed by atoms with van der Waals surface area (Å²) in [7, 11) is 0. The van der Waals surface area contributed by atoms with E-state index in [0.29, 0.717) is 11.6 Å². The molecule has 0 saturated heterocycles. The van der Waals surface area contributed by atoms with Gasteiger partial charge < -0.3 is 9.73 Å². The summed E-state index contributed by atoms with van der Waals surface area (Å²) in [6.45, 7) is 0. The molecule has 2 aromatic heterocycles. The molecule has 1 amide bonds. The first kappa shape index (κ1) is 21.7. The highest BCUT2D eigenvalue weighted by Gasteiger charge is 2.13. The van der Waals surface area contributed by atoms with E-state index >= 15 is 0 Å². The van der Waals surface area contributed by atoms with Gasteiger partial charge in [-0.2, -0.15) is 0 Å². The van der Waals surface area contributed by atoms with E-state index in [0.717, 1.165) is 28.3 Å². The van der Waals surface area contributed by atoms with E-state index < -0.39 is 11.6 Å². The van der Waals surface area contributed by atoms with Gasteiger partial charge in [-0.3, -0.25) is 9.78 Å². The highest BCUT2D eigenvalue weighted by Crippen LogP contribution is 2.25. The third-order valence-corrected chi connectivity index (χ3v) is 5.67. The van der Waals surface area contributed by atoms with Crippen molar-refractivity contribution in [2.75, 3.05) is 5.32 Å². The van der Waals surface area contributed by atoms with Crippen LogP contribution < -0.4 is 5.32 Å². The summed E-state index contributed by atoms with van der Waals surface area (Å²) in [4.78, 5) is 21.5. The van der Waals surface area contributed by atoms with Gasteiger partial charge in [-0.1, -0.05) is 6.07 Å². The number of amides is 1. The maximum Gasteiger partial charge on any atom is 0.224 e. The first-order chi connectivity index (χ1) is 15.6. The third kappa shape index (κ3) is 5.79. The molecule has 0 aliphatic rings. The van der Waals surface area contributed by atoms with Crippen LogP contribution in [0.4, 0.5) is 14.5 Å². The molecular weight excluding hydrogens is 432 g/mol. The minimum atomic E-state index is -0.729. The molecule has 1 N–H and O–H groups in total. The largest absolute Gasteiger partial charge is 0.441 e. The van der Waals surface area contributed by atoms with Crippen molar-refractivity contribution in [2.24, 2.45) is 0 Å². The Balaban J connectivity index is 1.26. The summed E-state index contributed by atoms with van der Waals surface area (Å²) in [5, 5.41) is 2.84. The Bertz CT molecular complexity index is 1200. The lowest BCUT2D eigenvalue weighted by Crippen LogP contribution is -2.12. The number of hydrogen-bond acceptors (Lipinski definition) is 5. The molecule has 2 aromatic carbocycles. The topological polar surface area (TPSA) is 68.0 Å². The second-order valence-corrected chi connectivity index (χ2v) is 8.01. The van der Waals surface area contributed by atoms with Crippen LogP contribution in [0.5, 0.6) is 0 Å². The fourth-order valence-electron chi connectivity index (χ4n) is 2.97. The Morgan fingerprint density at radius 2 is 1.91 bits per heavy atom. The van der Waals surface area contributed by atoms with Gasteiger partial charge in [-0.25, -0.2) is 13.8 Å². The summed E-state index contributed by atoms with van der Waals surface area (Å²) in [6, 6.07) is 14.8. The summed E-state index contributed by atoms with van der Waals surface area (Å²) >= 11 is 1.69. The van der Waals surface area contributed by atoms with Crippen LogP contribution in [-0.2, 0) is 17.0 Å². The van der Waals surface area contributed by atoms with E-state index in [1.54, 1.807) is 18.0 Å². The van der Waals surface area contributed by atoms with Crippen LogP contribution in [0.25, 0.3) is 11.3 Å². The quantitative estimate of drug-likeness (QED) is 0.339. The van der Waals surface area contributed by atoms with Gasteiger partial charge in [0.2, 0.25) is 5.91 Å². The lowest BCUT2D eigenvalue weighted by molar-refractivity contribution is -0.116. The molecule has 162 valence electrons. The molecule has 0 aliphatic heterocycles. The summed E-state index contributed by atoms with van der Waals surface area (Å²) in [5.74, 6) is -0.262. The number of thioether (sulfide) groups is 1. The molecule has 0 atom stereocenters. The summed E-state index contributed by atoms with van der Waals surface area (Å²) in [6.07, 6.45) is 5.37. The van der Waals surface area contributed by atoms with Crippen LogP contribution in [0.2, 0.25) is 0 Å². The van der Waals surface area contributed by atoms with E-state index in [4.69, 9.17) is 4.42 Å². The predicted molar refractivity (Wildman–Crippen MR) is 119 cm³/mol. The second-order valence-electron chi connectivity index (χ2n) is 6.96. The van der Waals surface area contributed by atoms with Gasteiger partial charge in [0.15, 0.2) is 11.7 Å². The van der Waals surface area contributed by atoms with Crippen LogP contribution in [0, 0.1) is 11.6 Å². The highest BCUT2D eigenvalue weighted by atomic mass is 32.2. The summed E-state index contributed by atoms with van der Waals surface area (Å²) < 4.78 is 32.4. The molecule has 0 saturated carbocycles.